The number of anilines is 1. The number of halogens is 2. The molecule has 0 saturated carbocycles. The minimum absolute atomic E-state index is 0.191. The van der Waals surface area contributed by atoms with Gasteiger partial charge in [-0.25, -0.2) is 0 Å². The lowest BCUT2D eigenvalue weighted by Crippen LogP contribution is -2.25. The van der Waals surface area contributed by atoms with E-state index in [1.807, 2.05) is 24.3 Å². The van der Waals surface area contributed by atoms with E-state index >= 15 is 0 Å². The molecule has 7 heteroatoms. The molecule has 24 heavy (non-hydrogen) atoms. The number of benzene rings is 1. The third-order valence-corrected chi connectivity index (χ3v) is 4.65. The van der Waals surface area contributed by atoms with Gasteiger partial charge in [0.05, 0.1) is 10.4 Å². The van der Waals surface area contributed by atoms with Crippen LogP contribution in [0.15, 0.2) is 29.1 Å². The SMILES string of the molecule is CCCCc1[nH]c(NC(=O)C(C)Br)nc(=O)c1-c1ccc(I)cc1. The Labute approximate surface area is 162 Å². The maximum absolute atomic E-state index is 12.6. The third-order valence-electron chi connectivity index (χ3n) is 3.51. The van der Waals surface area contributed by atoms with Gasteiger partial charge in [0.2, 0.25) is 11.9 Å². The molecular formula is C17H19BrIN3O2. The number of aromatic nitrogens is 2. The van der Waals surface area contributed by atoms with E-state index < -0.39 is 0 Å². The molecule has 1 heterocycles. The Kier molecular flexibility index (Phi) is 6.97. The fraction of sp³-hybridized carbons (Fsp3) is 0.353. The molecule has 0 radical (unpaired) electrons. The summed E-state index contributed by atoms with van der Waals surface area (Å²) in [6, 6.07) is 7.76. The fourth-order valence-corrected chi connectivity index (χ4v) is 2.72. The highest BCUT2D eigenvalue weighted by atomic mass is 127. The molecule has 0 bridgehead atoms. The summed E-state index contributed by atoms with van der Waals surface area (Å²) in [7, 11) is 0. The summed E-state index contributed by atoms with van der Waals surface area (Å²) in [5, 5.41) is 2.63. The molecule has 2 rings (SSSR count). The molecule has 2 aromatic rings. The molecule has 0 fully saturated rings. The lowest BCUT2D eigenvalue weighted by Gasteiger charge is -2.12. The summed E-state index contributed by atoms with van der Waals surface area (Å²) in [5.41, 5.74) is 1.88. The van der Waals surface area contributed by atoms with Gasteiger partial charge in [0.1, 0.15) is 0 Å². The first kappa shape index (κ1) is 19.1. The highest BCUT2D eigenvalue weighted by Crippen LogP contribution is 2.22. The van der Waals surface area contributed by atoms with Gasteiger partial charge in [0, 0.05) is 9.26 Å². The summed E-state index contributed by atoms with van der Waals surface area (Å²) in [4.78, 5) is 31.1. The predicted octanol–water partition coefficient (Wildman–Crippen LogP) is 4.11. The number of carbonyl (C=O) groups is 1. The molecule has 1 amide bonds. The highest BCUT2D eigenvalue weighted by molar-refractivity contribution is 14.1. The molecule has 5 nitrogen and oxygen atoms in total. The van der Waals surface area contributed by atoms with Crippen molar-refractivity contribution in [2.24, 2.45) is 0 Å². The molecule has 1 atom stereocenters. The predicted molar refractivity (Wildman–Crippen MR) is 109 cm³/mol. The maximum Gasteiger partial charge on any atom is 0.282 e. The monoisotopic (exact) mass is 503 g/mol. The molecule has 2 N–H and O–H groups in total. The lowest BCUT2D eigenvalue weighted by atomic mass is 10.0. The van der Waals surface area contributed by atoms with Crippen LogP contribution in [-0.2, 0) is 11.2 Å². The van der Waals surface area contributed by atoms with E-state index in [0.29, 0.717) is 5.56 Å². The number of hydrogen-bond acceptors (Lipinski definition) is 3. The van der Waals surface area contributed by atoms with Crippen molar-refractivity contribution in [3.63, 3.8) is 0 Å². The van der Waals surface area contributed by atoms with E-state index in [2.05, 4.69) is 60.7 Å². The zero-order valence-electron chi connectivity index (χ0n) is 13.5. The van der Waals surface area contributed by atoms with E-state index in [0.717, 1.165) is 34.1 Å². The van der Waals surface area contributed by atoms with Gasteiger partial charge in [0.15, 0.2) is 0 Å². The van der Waals surface area contributed by atoms with Crippen molar-refractivity contribution < 1.29 is 4.79 Å². The standard InChI is InChI=1S/C17H19BrIN3O2/c1-3-4-5-13-14(11-6-8-12(19)9-7-11)16(24)22-17(20-13)21-15(23)10(2)18/h6-10H,3-5H2,1-2H3,(H2,20,21,22,23,24). The minimum atomic E-state index is -0.363. The number of hydrogen-bond donors (Lipinski definition) is 2. The van der Waals surface area contributed by atoms with Crippen LogP contribution in [0, 0.1) is 3.57 Å². The second-order valence-corrected chi connectivity index (χ2v) is 8.08. The summed E-state index contributed by atoms with van der Waals surface area (Å²) in [6.07, 6.45) is 2.68. The van der Waals surface area contributed by atoms with Crippen molar-refractivity contribution in [2.75, 3.05) is 5.32 Å². The van der Waals surface area contributed by atoms with Crippen molar-refractivity contribution >= 4 is 50.4 Å². The van der Waals surface area contributed by atoms with Crippen molar-refractivity contribution in [1.82, 2.24) is 9.97 Å². The van der Waals surface area contributed by atoms with Gasteiger partial charge in [-0.3, -0.25) is 14.9 Å². The highest BCUT2D eigenvalue weighted by Gasteiger charge is 2.16. The molecule has 1 unspecified atom stereocenters. The molecular weight excluding hydrogens is 485 g/mol. The van der Waals surface area contributed by atoms with E-state index in [9.17, 15) is 9.59 Å². The number of carbonyl (C=O) groups excluding carboxylic acids is 1. The maximum atomic E-state index is 12.6. The third kappa shape index (κ3) is 4.89. The first-order valence-electron chi connectivity index (χ1n) is 7.76. The Morgan fingerprint density at radius 2 is 2.04 bits per heavy atom. The topological polar surface area (TPSA) is 74.8 Å². The Morgan fingerprint density at radius 3 is 2.62 bits per heavy atom. The van der Waals surface area contributed by atoms with Crippen molar-refractivity contribution in [3.05, 3.63) is 43.9 Å². The molecule has 1 aromatic heterocycles. The van der Waals surface area contributed by atoms with Crippen LogP contribution in [0.5, 0.6) is 0 Å². The van der Waals surface area contributed by atoms with Gasteiger partial charge in [-0.2, -0.15) is 4.98 Å². The van der Waals surface area contributed by atoms with Crippen LogP contribution < -0.4 is 10.9 Å². The minimum Gasteiger partial charge on any atom is -0.328 e. The van der Waals surface area contributed by atoms with Crippen molar-refractivity contribution in [2.45, 2.75) is 37.9 Å². The number of unbranched alkanes of at least 4 members (excludes halogenated alkanes) is 1. The summed E-state index contributed by atoms with van der Waals surface area (Å²) >= 11 is 5.43. The Bertz CT molecular complexity index is 772. The normalized spacial score (nSPS) is 12.0. The number of H-pyrrole nitrogens is 1. The number of rotatable bonds is 6. The number of nitrogens with one attached hydrogen (secondary N) is 2. The number of nitrogens with zero attached hydrogens (tertiary/aromatic N) is 1. The first-order chi connectivity index (χ1) is 11.4. The van der Waals surface area contributed by atoms with E-state index in [4.69, 9.17) is 0 Å². The van der Waals surface area contributed by atoms with Gasteiger partial charge in [-0.1, -0.05) is 41.4 Å². The van der Waals surface area contributed by atoms with Crippen molar-refractivity contribution in [1.29, 1.82) is 0 Å². The average Bonchev–Trinajstić information content (AvgIpc) is 2.53. The van der Waals surface area contributed by atoms with Crippen LogP contribution in [0.25, 0.3) is 11.1 Å². The molecule has 0 saturated heterocycles. The summed E-state index contributed by atoms with van der Waals surface area (Å²) < 4.78 is 1.10. The molecule has 0 aliphatic heterocycles. The molecule has 0 spiro atoms. The van der Waals surface area contributed by atoms with Gasteiger partial charge >= 0.3 is 0 Å². The summed E-state index contributed by atoms with van der Waals surface area (Å²) in [5.74, 6) is -0.0572. The number of alkyl halides is 1. The number of aromatic amines is 1. The number of aryl methyl sites for hydroxylation is 1. The lowest BCUT2D eigenvalue weighted by molar-refractivity contribution is -0.115. The van der Waals surface area contributed by atoms with Crippen LogP contribution in [0.2, 0.25) is 0 Å². The van der Waals surface area contributed by atoms with Crippen LogP contribution in [0.1, 0.15) is 32.4 Å². The quantitative estimate of drug-likeness (QED) is 0.460. The summed E-state index contributed by atoms with van der Waals surface area (Å²) in [6.45, 7) is 3.81. The Hall–Kier alpha value is -1.22. The Morgan fingerprint density at radius 1 is 1.38 bits per heavy atom. The zero-order chi connectivity index (χ0) is 17.7. The Balaban J connectivity index is 2.47. The van der Waals surface area contributed by atoms with Crippen LogP contribution in [-0.4, -0.2) is 20.7 Å². The van der Waals surface area contributed by atoms with Gasteiger partial charge in [0.25, 0.3) is 5.56 Å². The van der Waals surface area contributed by atoms with E-state index in [1.54, 1.807) is 6.92 Å². The van der Waals surface area contributed by atoms with Crippen LogP contribution >= 0.6 is 38.5 Å². The van der Waals surface area contributed by atoms with Crippen LogP contribution in [0.4, 0.5) is 5.95 Å². The molecule has 128 valence electrons. The molecule has 0 aliphatic rings. The van der Waals surface area contributed by atoms with Gasteiger partial charge in [-0.05, 0) is 60.1 Å². The smallest absolute Gasteiger partial charge is 0.282 e. The second-order valence-electron chi connectivity index (χ2n) is 5.46. The average molecular weight is 504 g/mol. The van der Waals surface area contributed by atoms with Crippen LogP contribution in [0.3, 0.4) is 0 Å². The molecule has 1 aromatic carbocycles. The van der Waals surface area contributed by atoms with Gasteiger partial charge < -0.3 is 4.98 Å². The fourth-order valence-electron chi connectivity index (χ4n) is 2.25. The first-order valence-corrected chi connectivity index (χ1v) is 9.76. The molecule has 0 aliphatic carbocycles. The largest absolute Gasteiger partial charge is 0.328 e. The van der Waals surface area contributed by atoms with E-state index in [1.165, 1.54) is 0 Å². The van der Waals surface area contributed by atoms with Crippen molar-refractivity contribution in [3.8, 4) is 11.1 Å². The second kappa shape index (κ2) is 8.75. The zero-order valence-corrected chi connectivity index (χ0v) is 17.3. The van der Waals surface area contributed by atoms with E-state index in [-0.39, 0.29) is 22.2 Å². The number of amides is 1. The van der Waals surface area contributed by atoms with Gasteiger partial charge in [-0.15, -0.1) is 0 Å².